The number of aliphatic hydroxyl groups excluding tert-OH is 1. The molecule has 1 aliphatic rings. The van der Waals surface area contributed by atoms with E-state index in [2.05, 4.69) is 24.3 Å². The fraction of sp³-hybridized carbons (Fsp3) is 1.00. The van der Waals surface area contributed by atoms with Crippen LogP contribution in [-0.2, 0) is 0 Å². The predicted octanol–water partition coefficient (Wildman–Crippen LogP) is 0.545. The van der Waals surface area contributed by atoms with Crippen molar-refractivity contribution in [1.29, 1.82) is 0 Å². The van der Waals surface area contributed by atoms with Gasteiger partial charge in [-0.3, -0.25) is 0 Å². The van der Waals surface area contributed by atoms with Gasteiger partial charge in [-0.1, -0.05) is 13.8 Å². The van der Waals surface area contributed by atoms with E-state index in [4.69, 9.17) is 5.11 Å². The molecule has 0 saturated carbocycles. The molecular weight excluding hydrogens is 152 g/mol. The van der Waals surface area contributed by atoms with Gasteiger partial charge < -0.3 is 15.3 Å². The van der Waals surface area contributed by atoms with Crippen molar-refractivity contribution in [3.63, 3.8) is 0 Å². The molecular formula is C9H24N2O. The molecule has 0 bridgehead atoms. The molecule has 0 spiro atoms. The number of hydrogen-bond donors (Lipinski definition) is 2. The minimum absolute atomic E-state index is 0.787. The molecule has 0 aromatic heterocycles. The van der Waals surface area contributed by atoms with Gasteiger partial charge in [0.2, 0.25) is 0 Å². The molecule has 0 aliphatic carbocycles. The summed E-state index contributed by atoms with van der Waals surface area (Å²) in [6.07, 6.45) is 1.31. The van der Waals surface area contributed by atoms with E-state index in [1.54, 1.807) is 0 Å². The van der Waals surface area contributed by atoms with Crippen molar-refractivity contribution in [3.8, 4) is 0 Å². The summed E-state index contributed by atoms with van der Waals surface area (Å²) in [6.45, 7) is 6.37. The topological polar surface area (TPSA) is 35.5 Å². The second-order valence-electron chi connectivity index (χ2n) is 2.61. The lowest BCUT2D eigenvalue weighted by molar-refractivity contribution is 0.313. The van der Waals surface area contributed by atoms with Gasteiger partial charge in [-0.05, 0) is 27.1 Å². The average molecular weight is 176 g/mol. The number of nitrogens with one attached hydrogen (secondary N) is 1. The molecule has 1 aliphatic heterocycles. The summed E-state index contributed by atoms with van der Waals surface area (Å²) < 4.78 is 0. The minimum Gasteiger partial charge on any atom is -0.400 e. The lowest BCUT2D eigenvalue weighted by Crippen LogP contribution is -2.29. The van der Waals surface area contributed by atoms with E-state index in [-0.39, 0.29) is 0 Å². The van der Waals surface area contributed by atoms with E-state index in [0.717, 1.165) is 13.2 Å². The van der Waals surface area contributed by atoms with Crippen molar-refractivity contribution in [2.24, 2.45) is 0 Å². The van der Waals surface area contributed by atoms with Crippen LogP contribution in [0, 0.1) is 0 Å². The fourth-order valence-electron chi connectivity index (χ4n) is 1.08. The maximum Gasteiger partial charge on any atom is 0.0319 e. The quantitative estimate of drug-likeness (QED) is 0.612. The van der Waals surface area contributed by atoms with Gasteiger partial charge in [-0.25, -0.2) is 0 Å². The van der Waals surface area contributed by atoms with Crippen LogP contribution in [0.15, 0.2) is 0 Å². The molecule has 1 rings (SSSR count). The van der Waals surface area contributed by atoms with Gasteiger partial charge in [0.25, 0.3) is 0 Å². The molecule has 1 atom stereocenters. The molecule has 0 aromatic rings. The van der Waals surface area contributed by atoms with Crippen LogP contribution in [-0.4, -0.2) is 50.3 Å². The highest BCUT2D eigenvalue weighted by Gasteiger charge is 2.14. The highest BCUT2D eigenvalue weighted by atomic mass is 16.2. The molecule has 1 heterocycles. The van der Waals surface area contributed by atoms with Crippen molar-refractivity contribution < 1.29 is 5.11 Å². The number of aliphatic hydroxyl groups is 1. The Balaban J connectivity index is 0. The average Bonchev–Trinajstić information content (AvgIpc) is 2.64. The van der Waals surface area contributed by atoms with Crippen LogP contribution in [0.2, 0.25) is 0 Å². The standard InChI is InChI=1S/C6H14N2.C2H6.CH4O/c1-8(2)6-3-4-7-5-6;2*1-2/h6-7H,3-5H2,1-2H3;1-2H3;2H,1H3. The summed E-state index contributed by atoms with van der Waals surface area (Å²) in [4.78, 5) is 2.28. The Morgan fingerprint density at radius 2 is 1.75 bits per heavy atom. The molecule has 1 unspecified atom stereocenters. The Kier molecular flexibility index (Phi) is 13.1. The number of likely N-dealkylation sites (N-methyl/N-ethyl adjacent to an activating group) is 1. The third-order valence-electron chi connectivity index (χ3n) is 1.76. The first kappa shape index (κ1) is 14.4. The molecule has 1 saturated heterocycles. The van der Waals surface area contributed by atoms with Crippen LogP contribution in [0.5, 0.6) is 0 Å². The zero-order valence-corrected chi connectivity index (χ0v) is 9.09. The maximum atomic E-state index is 7.00. The summed E-state index contributed by atoms with van der Waals surface area (Å²) >= 11 is 0. The molecule has 2 N–H and O–H groups in total. The SMILES string of the molecule is CC.CN(C)C1CCNC1.CO. The van der Waals surface area contributed by atoms with Crippen LogP contribution in [0.25, 0.3) is 0 Å². The van der Waals surface area contributed by atoms with Crippen molar-refractivity contribution in [2.45, 2.75) is 26.3 Å². The number of hydrogen-bond acceptors (Lipinski definition) is 3. The third kappa shape index (κ3) is 6.58. The summed E-state index contributed by atoms with van der Waals surface area (Å²) in [5, 5.41) is 10.3. The summed E-state index contributed by atoms with van der Waals surface area (Å²) in [6, 6.07) is 0.787. The Bertz CT molecular complexity index is 70.9. The first-order chi connectivity index (χ1) is 5.80. The molecule has 0 aromatic carbocycles. The zero-order chi connectivity index (χ0) is 9.98. The largest absolute Gasteiger partial charge is 0.400 e. The van der Waals surface area contributed by atoms with E-state index in [9.17, 15) is 0 Å². The number of nitrogens with zero attached hydrogens (tertiary/aromatic N) is 1. The Labute approximate surface area is 76.8 Å². The molecule has 12 heavy (non-hydrogen) atoms. The second kappa shape index (κ2) is 10.9. The summed E-state index contributed by atoms with van der Waals surface area (Å²) in [7, 11) is 5.27. The highest BCUT2D eigenvalue weighted by Crippen LogP contribution is 2.01. The Hall–Kier alpha value is -0.120. The van der Waals surface area contributed by atoms with E-state index in [0.29, 0.717) is 0 Å². The van der Waals surface area contributed by atoms with Crippen molar-refractivity contribution in [2.75, 3.05) is 34.3 Å². The monoisotopic (exact) mass is 176 g/mol. The van der Waals surface area contributed by atoms with Crippen LogP contribution in [0.3, 0.4) is 0 Å². The van der Waals surface area contributed by atoms with Crippen LogP contribution >= 0.6 is 0 Å². The fourth-order valence-corrected chi connectivity index (χ4v) is 1.08. The molecule has 1 fully saturated rings. The molecule has 76 valence electrons. The van der Waals surface area contributed by atoms with Gasteiger partial charge in [-0.2, -0.15) is 0 Å². The summed E-state index contributed by atoms with van der Waals surface area (Å²) in [5.74, 6) is 0. The number of rotatable bonds is 1. The molecule has 3 nitrogen and oxygen atoms in total. The Morgan fingerprint density at radius 1 is 1.25 bits per heavy atom. The van der Waals surface area contributed by atoms with Crippen LogP contribution in [0.4, 0.5) is 0 Å². The van der Waals surface area contributed by atoms with Gasteiger partial charge in [0.1, 0.15) is 0 Å². The lowest BCUT2D eigenvalue weighted by Gasteiger charge is -2.16. The maximum absolute atomic E-state index is 7.00. The molecule has 3 heteroatoms. The van der Waals surface area contributed by atoms with Crippen LogP contribution < -0.4 is 5.32 Å². The van der Waals surface area contributed by atoms with Crippen LogP contribution in [0.1, 0.15) is 20.3 Å². The van der Waals surface area contributed by atoms with Crippen molar-refractivity contribution in [1.82, 2.24) is 10.2 Å². The smallest absolute Gasteiger partial charge is 0.0319 e. The molecule has 0 radical (unpaired) electrons. The zero-order valence-electron chi connectivity index (χ0n) is 9.09. The highest BCUT2D eigenvalue weighted by molar-refractivity contribution is 4.76. The predicted molar refractivity (Wildman–Crippen MR) is 54.5 cm³/mol. The second-order valence-corrected chi connectivity index (χ2v) is 2.61. The van der Waals surface area contributed by atoms with E-state index >= 15 is 0 Å². The third-order valence-corrected chi connectivity index (χ3v) is 1.76. The Morgan fingerprint density at radius 3 is 1.92 bits per heavy atom. The normalized spacial score (nSPS) is 20.8. The first-order valence-electron chi connectivity index (χ1n) is 4.62. The van der Waals surface area contributed by atoms with Crippen molar-refractivity contribution >= 4 is 0 Å². The van der Waals surface area contributed by atoms with Gasteiger partial charge in [-0.15, -0.1) is 0 Å². The van der Waals surface area contributed by atoms with Gasteiger partial charge >= 0.3 is 0 Å². The van der Waals surface area contributed by atoms with Gasteiger partial charge in [0.15, 0.2) is 0 Å². The minimum atomic E-state index is 0.787. The lowest BCUT2D eigenvalue weighted by atomic mass is 10.2. The first-order valence-corrected chi connectivity index (χ1v) is 4.62. The van der Waals surface area contributed by atoms with Gasteiger partial charge in [0.05, 0.1) is 0 Å². The van der Waals surface area contributed by atoms with Gasteiger partial charge in [0, 0.05) is 19.7 Å². The van der Waals surface area contributed by atoms with E-state index in [1.165, 1.54) is 19.5 Å². The summed E-state index contributed by atoms with van der Waals surface area (Å²) in [5.41, 5.74) is 0. The molecule has 0 amide bonds. The van der Waals surface area contributed by atoms with E-state index in [1.807, 2.05) is 13.8 Å². The van der Waals surface area contributed by atoms with Crippen molar-refractivity contribution in [3.05, 3.63) is 0 Å². The van der Waals surface area contributed by atoms with E-state index < -0.39 is 0 Å².